The van der Waals surface area contributed by atoms with Crippen molar-refractivity contribution in [2.45, 2.75) is 65.5 Å². The number of nitrogens with zero attached hydrogens (tertiary/aromatic N) is 3. The summed E-state index contributed by atoms with van der Waals surface area (Å²) < 4.78 is 35.6. The molecule has 0 aromatic carbocycles. The van der Waals surface area contributed by atoms with Crippen LogP contribution in [0, 0.1) is 5.92 Å². The van der Waals surface area contributed by atoms with Crippen molar-refractivity contribution in [1.29, 1.82) is 0 Å². The van der Waals surface area contributed by atoms with Crippen LogP contribution in [0.25, 0.3) is 0 Å². The van der Waals surface area contributed by atoms with Gasteiger partial charge in [0.2, 0.25) is 11.7 Å². The topological polar surface area (TPSA) is 161 Å². The molecule has 1 saturated heterocycles. The number of ketones is 1. The summed E-state index contributed by atoms with van der Waals surface area (Å²) in [6, 6.07) is -2.99. The van der Waals surface area contributed by atoms with E-state index in [0.717, 1.165) is 0 Å². The number of amides is 3. The van der Waals surface area contributed by atoms with Gasteiger partial charge in [-0.05, 0) is 12.3 Å². The van der Waals surface area contributed by atoms with Gasteiger partial charge in [0.05, 0.1) is 30.8 Å². The second kappa shape index (κ2) is 11.9. The van der Waals surface area contributed by atoms with Crippen molar-refractivity contribution in [3.05, 3.63) is 11.7 Å². The molecule has 0 radical (unpaired) electrons. The molecule has 1 fully saturated rings. The van der Waals surface area contributed by atoms with Crippen molar-refractivity contribution in [1.82, 2.24) is 25.7 Å². The minimum absolute atomic E-state index is 0.141. The Morgan fingerprint density at radius 3 is 2.20 bits per heavy atom. The Kier molecular flexibility index (Phi) is 9.78. The van der Waals surface area contributed by atoms with Gasteiger partial charge in [-0.3, -0.25) is 9.59 Å². The van der Waals surface area contributed by atoms with E-state index in [2.05, 4.69) is 20.8 Å². The maximum absolute atomic E-state index is 13.1. The molecule has 35 heavy (non-hydrogen) atoms. The number of rotatable bonds is 10. The fraction of sp³-hybridized carbons (Fsp3) is 0.773. The number of hydrogen-bond acceptors (Lipinski definition) is 9. The molecule has 2 N–H and O–H groups in total. The quantitative estimate of drug-likeness (QED) is 0.432. The third kappa shape index (κ3) is 8.57. The molecule has 198 valence electrons. The summed E-state index contributed by atoms with van der Waals surface area (Å²) >= 11 is 0. The van der Waals surface area contributed by atoms with E-state index in [-0.39, 0.29) is 24.0 Å². The zero-order valence-corrected chi connectivity index (χ0v) is 22.1. The Morgan fingerprint density at radius 1 is 1.06 bits per heavy atom. The van der Waals surface area contributed by atoms with E-state index in [4.69, 9.17) is 9.26 Å². The molecule has 2 atom stereocenters. The lowest BCUT2D eigenvalue weighted by molar-refractivity contribution is -0.123. The SMILES string of the molecule is CC[C@@H](NC(=O)[C@H](CS(=O)(=O)CC(C)C)NC(=O)N1CCOCC1)C(=O)c1nc(C(C)(C)C)no1. The van der Waals surface area contributed by atoms with E-state index < -0.39 is 50.8 Å². The molecule has 12 nitrogen and oxygen atoms in total. The lowest BCUT2D eigenvalue weighted by Crippen LogP contribution is -2.57. The highest BCUT2D eigenvalue weighted by molar-refractivity contribution is 7.91. The third-order valence-corrected chi connectivity index (χ3v) is 7.28. The van der Waals surface area contributed by atoms with Crippen molar-refractivity contribution in [3.8, 4) is 0 Å². The minimum Gasteiger partial charge on any atom is -0.378 e. The molecule has 0 spiro atoms. The van der Waals surface area contributed by atoms with Gasteiger partial charge in [0.1, 0.15) is 6.04 Å². The maximum Gasteiger partial charge on any atom is 0.318 e. The lowest BCUT2D eigenvalue weighted by Gasteiger charge is -2.29. The number of hydrogen-bond donors (Lipinski definition) is 2. The summed E-state index contributed by atoms with van der Waals surface area (Å²) in [4.78, 5) is 44.4. The molecule has 0 unspecified atom stereocenters. The third-order valence-electron chi connectivity index (χ3n) is 5.27. The van der Waals surface area contributed by atoms with E-state index in [1.807, 2.05) is 20.8 Å². The van der Waals surface area contributed by atoms with Gasteiger partial charge in [0.15, 0.2) is 15.7 Å². The van der Waals surface area contributed by atoms with Gasteiger partial charge < -0.3 is 24.8 Å². The van der Waals surface area contributed by atoms with Crippen molar-refractivity contribution < 1.29 is 32.1 Å². The Morgan fingerprint density at radius 2 is 1.69 bits per heavy atom. The van der Waals surface area contributed by atoms with E-state index in [1.165, 1.54) is 4.90 Å². The number of ether oxygens (including phenoxy) is 1. The predicted molar refractivity (Wildman–Crippen MR) is 128 cm³/mol. The highest BCUT2D eigenvalue weighted by Gasteiger charge is 2.34. The first-order valence-electron chi connectivity index (χ1n) is 11.8. The fourth-order valence-electron chi connectivity index (χ4n) is 3.42. The average Bonchev–Trinajstić information content (AvgIpc) is 3.27. The zero-order valence-electron chi connectivity index (χ0n) is 21.3. The van der Waals surface area contributed by atoms with Crippen molar-refractivity contribution >= 4 is 27.6 Å². The molecule has 2 heterocycles. The molecule has 3 amide bonds. The summed E-state index contributed by atoms with van der Waals surface area (Å²) in [5, 5.41) is 8.92. The molecule has 0 aliphatic carbocycles. The van der Waals surface area contributed by atoms with Crippen molar-refractivity contribution in [2.75, 3.05) is 37.8 Å². The van der Waals surface area contributed by atoms with Gasteiger partial charge in [-0.25, -0.2) is 13.2 Å². The molecule has 2 rings (SSSR count). The first kappa shape index (κ1) is 28.7. The van der Waals surface area contributed by atoms with E-state index >= 15 is 0 Å². The molecule has 0 bridgehead atoms. The number of carbonyl (C=O) groups excluding carboxylic acids is 3. The number of carbonyl (C=O) groups is 3. The predicted octanol–water partition coefficient (Wildman–Crippen LogP) is 0.926. The molecule has 13 heteroatoms. The summed E-state index contributed by atoms with van der Waals surface area (Å²) in [5.41, 5.74) is -0.438. The first-order chi connectivity index (χ1) is 16.2. The number of nitrogens with one attached hydrogen (secondary N) is 2. The Hall–Kier alpha value is -2.54. The second-order valence-corrected chi connectivity index (χ2v) is 12.2. The van der Waals surface area contributed by atoms with Crippen LogP contribution in [0.1, 0.15) is 64.5 Å². The number of aromatic nitrogens is 2. The standard InChI is InChI=1S/C22H37N5O7S/c1-7-15(17(28)19-25-20(26-34-19)22(4,5)6)23-18(29)16(13-35(31,32)12-14(2)3)24-21(30)27-8-10-33-11-9-27/h14-16H,7-13H2,1-6H3,(H,23,29)(H,24,30)/t15-,16+/m1/s1. The van der Waals surface area contributed by atoms with Crippen LogP contribution in [0.5, 0.6) is 0 Å². The highest BCUT2D eigenvalue weighted by Crippen LogP contribution is 2.19. The molecular formula is C22H37N5O7S. The van der Waals surface area contributed by atoms with Gasteiger partial charge in [-0.15, -0.1) is 0 Å². The highest BCUT2D eigenvalue weighted by atomic mass is 32.2. The number of sulfone groups is 1. The van der Waals surface area contributed by atoms with E-state index in [1.54, 1.807) is 20.8 Å². The van der Waals surface area contributed by atoms with Crippen LogP contribution < -0.4 is 10.6 Å². The van der Waals surface area contributed by atoms with Crippen LogP contribution in [0.2, 0.25) is 0 Å². The molecule has 1 aromatic heterocycles. The molecule has 1 aromatic rings. The second-order valence-electron chi connectivity index (χ2n) is 10.1. The Balaban J connectivity index is 2.20. The first-order valence-corrected chi connectivity index (χ1v) is 13.6. The van der Waals surface area contributed by atoms with Gasteiger partial charge in [-0.1, -0.05) is 46.7 Å². The van der Waals surface area contributed by atoms with Gasteiger partial charge in [0, 0.05) is 18.5 Å². The van der Waals surface area contributed by atoms with Crippen molar-refractivity contribution in [3.63, 3.8) is 0 Å². The number of urea groups is 1. The fourth-order valence-corrected chi connectivity index (χ4v) is 5.32. The van der Waals surface area contributed by atoms with Crippen LogP contribution in [0.3, 0.4) is 0 Å². The number of morpholine rings is 1. The van der Waals surface area contributed by atoms with E-state index in [0.29, 0.717) is 32.1 Å². The van der Waals surface area contributed by atoms with Crippen LogP contribution in [0.4, 0.5) is 4.79 Å². The largest absolute Gasteiger partial charge is 0.378 e. The molecule has 0 saturated carbocycles. The van der Waals surface area contributed by atoms with Crippen LogP contribution in [-0.4, -0.2) is 91.1 Å². The molecular weight excluding hydrogens is 478 g/mol. The average molecular weight is 516 g/mol. The van der Waals surface area contributed by atoms with Gasteiger partial charge in [-0.2, -0.15) is 4.98 Å². The van der Waals surface area contributed by atoms with Gasteiger partial charge in [0.25, 0.3) is 5.89 Å². The molecule has 1 aliphatic heterocycles. The smallest absolute Gasteiger partial charge is 0.318 e. The minimum atomic E-state index is -3.67. The van der Waals surface area contributed by atoms with Crippen LogP contribution >= 0.6 is 0 Å². The van der Waals surface area contributed by atoms with Crippen LogP contribution in [0.15, 0.2) is 4.52 Å². The summed E-state index contributed by atoms with van der Waals surface area (Å²) in [6.45, 7) is 12.1. The summed E-state index contributed by atoms with van der Waals surface area (Å²) in [6.07, 6.45) is 0.195. The lowest BCUT2D eigenvalue weighted by atomic mass is 9.96. The number of Topliss-reactive ketones (excluding diaryl/α,β-unsaturated/α-hetero) is 1. The summed E-state index contributed by atoms with van der Waals surface area (Å²) in [7, 11) is -3.67. The van der Waals surface area contributed by atoms with Crippen LogP contribution in [-0.2, 0) is 24.8 Å². The Labute approximate surface area is 206 Å². The molecule has 1 aliphatic rings. The zero-order chi connectivity index (χ0) is 26.4. The normalized spacial score (nSPS) is 16.6. The van der Waals surface area contributed by atoms with Crippen molar-refractivity contribution in [2.24, 2.45) is 5.92 Å². The monoisotopic (exact) mass is 515 g/mol. The maximum atomic E-state index is 13.1. The van der Waals surface area contributed by atoms with Gasteiger partial charge >= 0.3 is 6.03 Å². The van der Waals surface area contributed by atoms with E-state index in [9.17, 15) is 22.8 Å². The Bertz CT molecular complexity index is 994. The summed E-state index contributed by atoms with van der Waals surface area (Å²) in [5.74, 6) is -2.16.